The summed E-state index contributed by atoms with van der Waals surface area (Å²) in [5.74, 6) is 2.59. The van der Waals surface area contributed by atoms with E-state index in [1.165, 1.54) is 0 Å². The second-order valence-electron chi connectivity index (χ2n) is 5.13. The fourth-order valence-electron chi connectivity index (χ4n) is 2.73. The van der Waals surface area contributed by atoms with Gasteiger partial charge >= 0.3 is 0 Å². The first-order valence-corrected chi connectivity index (χ1v) is 7.27. The molecule has 0 aliphatic carbocycles. The number of aromatic amines is 1. The average molecular weight is 336 g/mol. The summed E-state index contributed by atoms with van der Waals surface area (Å²) in [7, 11) is 0. The van der Waals surface area contributed by atoms with E-state index in [2.05, 4.69) is 15.3 Å². The molecule has 2 aromatic heterocycles. The second kappa shape index (κ2) is 5.71. The van der Waals surface area contributed by atoms with E-state index in [4.69, 9.17) is 16.0 Å². The largest absolute Gasteiger partial charge is 0.460 e. The minimum absolute atomic E-state index is 0. The summed E-state index contributed by atoms with van der Waals surface area (Å²) in [6.45, 7) is 3.59. The third kappa shape index (κ3) is 2.38. The molecule has 2 N–H and O–H groups in total. The highest BCUT2D eigenvalue weighted by molar-refractivity contribution is 6.31. The zero-order valence-corrected chi connectivity index (χ0v) is 13.5. The highest BCUT2D eigenvalue weighted by Gasteiger charge is 2.21. The van der Waals surface area contributed by atoms with Gasteiger partial charge in [0.15, 0.2) is 5.76 Å². The van der Waals surface area contributed by atoms with Gasteiger partial charge in [-0.25, -0.2) is 0 Å². The maximum absolute atomic E-state index is 6.16. The van der Waals surface area contributed by atoms with Gasteiger partial charge in [0, 0.05) is 22.5 Å². The van der Waals surface area contributed by atoms with E-state index < -0.39 is 0 Å². The molecule has 4 rings (SSSR count). The first-order chi connectivity index (χ1) is 10.2. The fourth-order valence-corrected chi connectivity index (χ4v) is 2.90. The van der Waals surface area contributed by atoms with Gasteiger partial charge in [-0.05, 0) is 37.3 Å². The van der Waals surface area contributed by atoms with Crippen LogP contribution in [0.1, 0.15) is 11.3 Å². The van der Waals surface area contributed by atoms with Gasteiger partial charge in [0.1, 0.15) is 11.6 Å². The molecule has 0 atom stereocenters. The van der Waals surface area contributed by atoms with E-state index in [0.717, 1.165) is 52.6 Å². The normalized spacial score (nSPS) is 13.8. The predicted octanol–water partition coefficient (Wildman–Crippen LogP) is 4.16. The van der Waals surface area contributed by atoms with Crippen LogP contribution in [0.3, 0.4) is 0 Å². The first-order valence-electron chi connectivity index (χ1n) is 6.89. The standard InChI is InChI=1S/C16H14ClN3O.ClH/c1-9-2-5-13(21-9)15-14(16-18-6-7-19-16)11-8-10(17)3-4-12(11)20-15;/h2-5,8,20H,6-7H2,1H3,(H,18,19);1H. The Morgan fingerprint density at radius 1 is 1.23 bits per heavy atom. The van der Waals surface area contributed by atoms with E-state index in [1.807, 2.05) is 37.3 Å². The van der Waals surface area contributed by atoms with Gasteiger partial charge in [0.05, 0.1) is 17.8 Å². The van der Waals surface area contributed by atoms with Crippen LogP contribution in [0.2, 0.25) is 5.02 Å². The summed E-state index contributed by atoms with van der Waals surface area (Å²) in [5.41, 5.74) is 2.99. The van der Waals surface area contributed by atoms with Crippen LogP contribution in [0.5, 0.6) is 0 Å². The highest BCUT2D eigenvalue weighted by Crippen LogP contribution is 2.33. The monoisotopic (exact) mass is 335 g/mol. The molecule has 1 aliphatic rings. The smallest absolute Gasteiger partial charge is 0.151 e. The Morgan fingerprint density at radius 2 is 2.09 bits per heavy atom. The zero-order chi connectivity index (χ0) is 14.4. The third-order valence-corrected chi connectivity index (χ3v) is 3.89. The number of nitrogens with zero attached hydrogens (tertiary/aromatic N) is 1. The number of fused-ring (bicyclic) bond motifs is 1. The number of amidine groups is 1. The number of hydrogen-bond acceptors (Lipinski definition) is 3. The second-order valence-corrected chi connectivity index (χ2v) is 5.57. The van der Waals surface area contributed by atoms with Gasteiger partial charge < -0.3 is 14.7 Å². The topological polar surface area (TPSA) is 53.3 Å². The van der Waals surface area contributed by atoms with Crippen molar-refractivity contribution in [2.75, 3.05) is 13.1 Å². The number of rotatable bonds is 2. The summed E-state index contributed by atoms with van der Waals surface area (Å²) in [4.78, 5) is 7.98. The molecule has 0 radical (unpaired) electrons. The molecule has 114 valence electrons. The van der Waals surface area contributed by atoms with Crippen molar-refractivity contribution in [3.8, 4) is 11.5 Å². The Bertz CT molecular complexity index is 864. The zero-order valence-electron chi connectivity index (χ0n) is 11.9. The van der Waals surface area contributed by atoms with Crippen LogP contribution in [-0.4, -0.2) is 23.9 Å². The van der Waals surface area contributed by atoms with Gasteiger partial charge in [-0.3, -0.25) is 4.99 Å². The average Bonchev–Trinajstić information content (AvgIpc) is 3.15. The molecule has 0 fully saturated rings. The maximum atomic E-state index is 6.16. The molecule has 3 heterocycles. The SMILES string of the molecule is Cc1ccc(-c2[nH]c3ccc(Cl)cc3c2C2=NCCN2)o1.Cl. The van der Waals surface area contributed by atoms with Gasteiger partial charge in [-0.1, -0.05) is 11.6 Å². The third-order valence-electron chi connectivity index (χ3n) is 3.66. The molecule has 22 heavy (non-hydrogen) atoms. The van der Waals surface area contributed by atoms with Crippen molar-refractivity contribution < 1.29 is 4.42 Å². The van der Waals surface area contributed by atoms with Gasteiger partial charge in [-0.2, -0.15) is 0 Å². The van der Waals surface area contributed by atoms with E-state index in [0.29, 0.717) is 5.02 Å². The molecule has 0 bridgehead atoms. The molecule has 4 nitrogen and oxygen atoms in total. The van der Waals surface area contributed by atoms with Crippen molar-refractivity contribution in [2.24, 2.45) is 4.99 Å². The summed E-state index contributed by atoms with van der Waals surface area (Å²) < 4.78 is 5.78. The molecule has 3 aromatic rings. The number of halogens is 2. The molecule has 1 aliphatic heterocycles. The summed E-state index contributed by atoms with van der Waals surface area (Å²) in [6.07, 6.45) is 0. The van der Waals surface area contributed by atoms with Crippen LogP contribution in [0.25, 0.3) is 22.4 Å². The summed E-state index contributed by atoms with van der Waals surface area (Å²) >= 11 is 6.16. The van der Waals surface area contributed by atoms with Crippen LogP contribution < -0.4 is 5.32 Å². The number of furan rings is 1. The maximum Gasteiger partial charge on any atom is 0.151 e. The Hall–Kier alpha value is -1.91. The highest BCUT2D eigenvalue weighted by atomic mass is 35.5. The number of aromatic nitrogens is 1. The van der Waals surface area contributed by atoms with E-state index in [9.17, 15) is 0 Å². The van der Waals surface area contributed by atoms with Crippen molar-refractivity contribution in [3.05, 3.63) is 46.7 Å². The minimum atomic E-state index is 0. The first kappa shape index (κ1) is 15.0. The van der Waals surface area contributed by atoms with Crippen molar-refractivity contribution in [3.63, 3.8) is 0 Å². The number of nitrogens with one attached hydrogen (secondary N) is 2. The lowest BCUT2D eigenvalue weighted by molar-refractivity contribution is 0.547. The van der Waals surface area contributed by atoms with Crippen molar-refractivity contribution in [1.29, 1.82) is 0 Å². The predicted molar refractivity (Wildman–Crippen MR) is 92.4 cm³/mol. The Kier molecular flexibility index (Phi) is 3.89. The van der Waals surface area contributed by atoms with Crippen molar-refractivity contribution in [2.45, 2.75) is 6.92 Å². The minimum Gasteiger partial charge on any atom is -0.460 e. The van der Waals surface area contributed by atoms with Gasteiger partial charge in [0.25, 0.3) is 0 Å². The van der Waals surface area contributed by atoms with Crippen LogP contribution in [-0.2, 0) is 0 Å². The van der Waals surface area contributed by atoms with Gasteiger partial charge in [0.2, 0.25) is 0 Å². The van der Waals surface area contributed by atoms with Crippen LogP contribution in [0.15, 0.2) is 39.7 Å². The number of benzene rings is 1. The lowest BCUT2D eigenvalue weighted by atomic mass is 10.1. The van der Waals surface area contributed by atoms with Gasteiger partial charge in [-0.15, -0.1) is 12.4 Å². The molecular formula is C16H15Cl2N3O. The molecule has 1 aromatic carbocycles. The molecule has 0 spiro atoms. The Labute approximate surface area is 139 Å². The van der Waals surface area contributed by atoms with Crippen molar-refractivity contribution in [1.82, 2.24) is 10.3 Å². The molecule has 0 saturated heterocycles. The Morgan fingerprint density at radius 3 is 2.77 bits per heavy atom. The van der Waals surface area contributed by atoms with Crippen LogP contribution >= 0.6 is 24.0 Å². The number of aliphatic imine (C=N–C) groups is 1. The molecular weight excluding hydrogens is 321 g/mol. The molecule has 0 amide bonds. The van der Waals surface area contributed by atoms with E-state index >= 15 is 0 Å². The summed E-state index contributed by atoms with van der Waals surface area (Å²) in [6, 6.07) is 9.76. The molecule has 0 saturated carbocycles. The lowest BCUT2D eigenvalue weighted by Gasteiger charge is -2.04. The summed E-state index contributed by atoms with van der Waals surface area (Å²) in [5, 5.41) is 5.10. The number of aryl methyl sites for hydroxylation is 1. The number of hydrogen-bond donors (Lipinski definition) is 2. The molecule has 0 unspecified atom stereocenters. The number of H-pyrrole nitrogens is 1. The van der Waals surface area contributed by atoms with Crippen LogP contribution in [0.4, 0.5) is 0 Å². The van der Waals surface area contributed by atoms with Crippen LogP contribution in [0, 0.1) is 6.92 Å². The van der Waals surface area contributed by atoms with Crippen molar-refractivity contribution >= 4 is 40.7 Å². The molecule has 6 heteroatoms. The van der Waals surface area contributed by atoms with E-state index in [1.54, 1.807) is 0 Å². The fraction of sp³-hybridized carbons (Fsp3) is 0.188. The van der Waals surface area contributed by atoms with E-state index in [-0.39, 0.29) is 12.4 Å². The quantitative estimate of drug-likeness (QED) is 0.738. The lowest BCUT2D eigenvalue weighted by Crippen LogP contribution is -2.19. The Balaban J connectivity index is 0.00000144.